The molecule has 3 atom stereocenters. The standard InChI is InChI=1S/C29H25ClN2O5/c1-18(27(16-33)31-14-19-6-7-20(15-31)32(19)21-10-11-35-17-21)36-22-8-9-24-25(13-29(34)37-28(24)12-22)23-4-2-3-5-26(23)30/h2-5,8-13,17-20H,6-7,14-15H2,1H3/t18-,19?,20?/m1/s1. The van der Waals surface area contributed by atoms with Crippen molar-refractivity contribution in [3.63, 3.8) is 0 Å². The highest BCUT2D eigenvalue weighted by Gasteiger charge is 2.42. The zero-order valence-corrected chi connectivity index (χ0v) is 21.0. The van der Waals surface area contributed by atoms with Gasteiger partial charge >= 0.3 is 5.63 Å². The molecule has 0 spiro atoms. The molecule has 0 saturated carbocycles. The number of carbonyl (C=O) groups excluding carboxylic acids is 1. The van der Waals surface area contributed by atoms with E-state index >= 15 is 0 Å². The summed E-state index contributed by atoms with van der Waals surface area (Å²) in [6, 6.07) is 16.7. The number of halogens is 1. The van der Waals surface area contributed by atoms with Gasteiger partial charge in [-0.3, -0.25) is 0 Å². The average Bonchev–Trinajstić information content (AvgIpc) is 3.49. The molecule has 37 heavy (non-hydrogen) atoms. The Balaban J connectivity index is 1.23. The molecule has 0 amide bonds. The fourth-order valence-electron chi connectivity index (χ4n) is 5.71. The summed E-state index contributed by atoms with van der Waals surface area (Å²) < 4.78 is 16.9. The fraction of sp³-hybridized carbons (Fsp3) is 0.276. The summed E-state index contributed by atoms with van der Waals surface area (Å²) in [5.41, 5.74) is 2.91. The number of rotatable bonds is 6. The minimum absolute atomic E-state index is 0.296. The van der Waals surface area contributed by atoms with Crippen molar-refractivity contribution in [3.8, 4) is 16.9 Å². The van der Waals surface area contributed by atoms with Crippen LogP contribution in [0.25, 0.3) is 22.1 Å². The summed E-state index contributed by atoms with van der Waals surface area (Å²) in [7, 11) is 0. The van der Waals surface area contributed by atoms with Crippen LogP contribution in [-0.4, -0.2) is 42.1 Å². The zero-order chi connectivity index (χ0) is 25.5. The third-order valence-electron chi connectivity index (χ3n) is 7.31. The lowest BCUT2D eigenvalue weighted by Crippen LogP contribution is -2.54. The summed E-state index contributed by atoms with van der Waals surface area (Å²) in [6.45, 7) is 3.27. The number of furan rings is 1. The number of anilines is 1. The number of nitrogens with zero attached hydrogens (tertiary/aromatic N) is 2. The maximum absolute atomic E-state index is 12.3. The molecule has 0 N–H and O–H groups in total. The lowest BCUT2D eigenvalue weighted by molar-refractivity contribution is 0.181. The molecule has 2 aromatic heterocycles. The molecule has 188 valence electrons. The Kier molecular flexibility index (Phi) is 6.03. The maximum atomic E-state index is 12.3. The Labute approximate surface area is 218 Å². The molecule has 2 aromatic carbocycles. The highest BCUT2D eigenvalue weighted by Crippen LogP contribution is 2.37. The summed E-state index contributed by atoms with van der Waals surface area (Å²) in [5.74, 6) is 2.63. The molecule has 2 aliphatic rings. The molecule has 0 aliphatic carbocycles. The van der Waals surface area contributed by atoms with Gasteiger partial charge in [0.15, 0.2) is 0 Å². The van der Waals surface area contributed by atoms with Crippen molar-refractivity contribution in [3.05, 3.63) is 88.3 Å². The van der Waals surface area contributed by atoms with Crippen molar-refractivity contribution in [1.29, 1.82) is 0 Å². The Bertz CT molecular complexity index is 1540. The number of benzene rings is 2. The number of ether oxygens (including phenoxy) is 1. The van der Waals surface area contributed by atoms with Crippen LogP contribution in [0.5, 0.6) is 5.75 Å². The first-order chi connectivity index (χ1) is 18.0. The SMILES string of the molecule is C[C@@H](Oc1ccc2c(-c3ccccc3Cl)cc(=O)oc2c1)C(=C=O)N1CC2CCC(C1)N2c1ccoc1. The van der Waals surface area contributed by atoms with E-state index in [1.54, 1.807) is 24.7 Å². The van der Waals surface area contributed by atoms with Crippen LogP contribution in [0, 0.1) is 0 Å². The van der Waals surface area contributed by atoms with Crippen molar-refractivity contribution in [2.24, 2.45) is 0 Å². The third kappa shape index (κ3) is 4.31. The van der Waals surface area contributed by atoms with E-state index in [-0.39, 0.29) is 0 Å². The largest absolute Gasteiger partial charge is 0.484 e. The molecule has 2 bridgehead atoms. The van der Waals surface area contributed by atoms with Crippen molar-refractivity contribution in [2.75, 3.05) is 18.0 Å². The molecular weight excluding hydrogens is 492 g/mol. The minimum Gasteiger partial charge on any atom is -0.484 e. The van der Waals surface area contributed by atoms with Crippen molar-refractivity contribution in [2.45, 2.75) is 38.0 Å². The van der Waals surface area contributed by atoms with Crippen molar-refractivity contribution < 1.29 is 18.4 Å². The van der Waals surface area contributed by atoms with Crippen LogP contribution < -0.4 is 15.3 Å². The number of piperazine rings is 1. The normalized spacial score (nSPS) is 19.6. The van der Waals surface area contributed by atoms with Gasteiger partial charge in [-0.1, -0.05) is 29.8 Å². The van der Waals surface area contributed by atoms with Crippen LogP contribution in [0.3, 0.4) is 0 Å². The van der Waals surface area contributed by atoms with Gasteiger partial charge in [-0.05, 0) is 44.0 Å². The van der Waals surface area contributed by atoms with Crippen LogP contribution in [0.4, 0.5) is 5.69 Å². The second kappa shape index (κ2) is 9.51. The Hall–Kier alpha value is -3.93. The smallest absolute Gasteiger partial charge is 0.336 e. The molecular formula is C29H25ClN2O5. The minimum atomic E-state index is -0.534. The first-order valence-corrected chi connectivity index (χ1v) is 12.7. The van der Waals surface area contributed by atoms with Crippen molar-refractivity contribution in [1.82, 2.24) is 4.90 Å². The molecule has 8 heteroatoms. The second-order valence-electron chi connectivity index (χ2n) is 9.54. The van der Waals surface area contributed by atoms with Gasteiger partial charge in [-0.2, -0.15) is 0 Å². The molecule has 4 aromatic rings. The van der Waals surface area contributed by atoms with Crippen LogP contribution in [0.15, 0.2) is 86.4 Å². The zero-order valence-electron chi connectivity index (χ0n) is 20.2. The topological polar surface area (TPSA) is 76.1 Å². The predicted octanol–water partition coefficient (Wildman–Crippen LogP) is 5.54. The Morgan fingerprint density at radius 3 is 2.57 bits per heavy atom. The van der Waals surface area contributed by atoms with Crippen LogP contribution in [-0.2, 0) is 4.79 Å². The quantitative estimate of drug-likeness (QED) is 0.246. The lowest BCUT2D eigenvalue weighted by atomic mass is 10.0. The monoisotopic (exact) mass is 516 g/mol. The summed E-state index contributed by atoms with van der Waals surface area (Å²) >= 11 is 6.39. The molecule has 7 nitrogen and oxygen atoms in total. The lowest BCUT2D eigenvalue weighted by Gasteiger charge is -2.43. The van der Waals surface area contributed by atoms with E-state index in [0.717, 1.165) is 29.5 Å². The van der Waals surface area contributed by atoms with E-state index in [1.165, 1.54) is 6.07 Å². The third-order valence-corrected chi connectivity index (χ3v) is 7.64. The average molecular weight is 517 g/mol. The van der Waals surface area contributed by atoms with Gasteiger partial charge in [-0.25, -0.2) is 9.59 Å². The first kappa shape index (κ1) is 23.5. The Morgan fingerprint density at radius 1 is 1.08 bits per heavy atom. The summed E-state index contributed by atoms with van der Waals surface area (Å²) in [6.07, 6.45) is 5.05. The van der Waals surface area contributed by atoms with E-state index in [2.05, 4.69) is 15.7 Å². The van der Waals surface area contributed by atoms with Crippen LogP contribution in [0.1, 0.15) is 19.8 Å². The van der Waals surface area contributed by atoms with Gasteiger partial charge in [0.1, 0.15) is 35.3 Å². The van der Waals surface area contributed by atoms with Crippen LogP contribution in [0.2, 0.25) is 5.02 Å². The molecule has 6 rings (SSSR count). The van der Waals surface area contributed by atoms with Gasteiger partial charge in [0.25, 0.3) is 0 Å². The molecule has 2 aliphatic heterocycles. The van der Waals surface area contributed by atoms with E-state index in [9.17, 15) is 9.59 Å². The van der Waals surface area contributed by atoms with Gasteiger partial charge in [0, 0.05) is 58.8 Å². The molecule has 0 radical (unpaired) electrons. The highest BCUT2D eigenvalue weighted by molar-refractivity contribution is 6.33. The summed E-state index contributed by atoms with van der Waals surface area (Å²) in [5, 5.41) is 1.29. The fourth-order valence-corrected chi connectivity index (χ4v) is 5.95. The molecule has 2 fully saturated rings. The molecule has 2 saturated heterocycles. The number of fused-ring (bicyclic) bond motifs is 3. The second-order valence-corrected chi connectivity index (χ2v) is 9.95. The van der Waals surface area contributed by atoms with E-state index in [0.29, 0.717) is 52.8 Å². The molecule has 4 heterocycles. The Morgan fingerprint density at radius 2 is 1.86 bits per heavy atom. The first-order valence-electron chi connectivity index (χ1n) is 12.3. The van der Waals surface area contributed by atoms with E-state index < -0.39 is 11.7 Å². The van der Waals surface area contributed by atoms with Crippen molar-refractivity contribution >= 4 is 34.2 Å². The predicted molar refractivity (Wildman–Crippen MR) is 142 cm³/mol. The molecule has 2 unspecified atom stereocenters. The number of hydrogen-bond donors (Lipinski definition) is 0. The number of hydrogen-bond acceptors (Lipinski definition) is 7. The van der Waals surface area contributed by atoms with E-state index in [4.69, 9.17) is 25.2 Å². The maximum Gasteiger partial charge on any atom is 0.336 e. The highest BCUT2D eigenvalue weighted by atomic mass is 35.5. The van der Waals surface area contributed by atoms with Crippen LogP contribution >= 0.6 is 11.6 Å². The summed E-state index contributed by atoms with van der Waals surface area (Å²) in [4.78, 5) is 28.9. The van der Waals surface area contributed by atoms with Gasteiger partial charge in [-0.15, -0.1) is 0 Å². The van der Waals surface area contributed by atoms with E-state index in [1.807, 2.05) is 43.3 Å². The van der Waals surface area contributed by atoms with Gasteiger partial charge in [0.05, 0.1) is 12.0 Å². The number of likely N-dealkylation sites (tertiary alicyclic amines) is 1. The van der Waals surface area contributed by atoms with Gasteiger partial charge in [0.2, 0.25) is 0 Å². The van der Waals surface area contributed by atoms with Gasteiger partial charge < -0.3 is 23.4 Å².